The van der Waals surface area contributed by atoms with E-state index in [2.05, 4.69) is 9.72 Å². The summed E-state index contributed by atoms with van der Waals surface area (Å²) >= 11 is 0. The first-order valence-corrected chi connectivity index (χ1v) is 16.3. The van der Waals surface area contributed by atoms with Gasteiger partial charge in [0.1, 0.15) is 58.9 Å². The van der Waals surface area contributed by atoms with E-state index in [1.165, 1.54) is 6.20 Å². The summed E-state index contributed by atoms with van der Waals surface area (Å²) in [6.07, 6.45) is -2.64. The highest BCUT2D eigenvalue weighted by Gasteiger charge is 2.52. The SMILES string of the molecule is Fc1c(F)c(F)c([B-](c2c(F)c(F)c(F)c(F)c2F)(c2c(F)c(F)c(F)c(F)c2F)c2c(F)c(F)c(F)c(F)c2F)c(F)c1F.O=C(OCF)c1cncc[n+]1Cc1ccccc1. The molecule has 0 saturated heterocycles. The first kappa shape index (κ1) is 47.3. The van der Waals surface area contributed by atoms with Crippen molar-refractivity contribution in [2.45, 2.75) is 6.54 Å². The molecule has 1 heterocycles. The Morgan fingerprint density at radius 3 is 1.03 bits per heavy atom. The molecule has 6 rings (SSSR count). The summed E-state index contributed by atoms with van der Waals surface area (Å²) < 4.78 is 312. The van der Waals surface area contributed by atoms with Crippen molar-refractivity contribution in [2.24, 2.45) is 0 Å². The van der Waals surface area contributed by atoms with Crippen LogP contribution in [0.15, 0.2) is 48.9 Å². The number of carbonyl (C=O) groups excluding carboxylic acids is 1. The molecule has 1 aromatic heterocycles. The van der Waals surface area contributed by atoms with Gasteiger partial charge in [-0.3, -0.25) is 4.98 Å². The molecule has 26 heteroatoms. The van der Waals surface area contributed by atoms with Crippen molar-refractivity contribution < 1.29 is 106 Å². The molecular weight excluding hydrogens is 914 g/mol. The fraction of sp³-hybridized carbons (Fsp3) is 0.0541. The zero-order valence-corrected chi connectivity index (χ0v) is 29.8. The minimum absolute atomic E-state index is 0.221. The Morgan fingerprint density at radius 2 is 0.746 bits per heavy atom. The molecule has 0 bridgehead atoms. The average Bonchev–Trinajstić information content (AvgIpc) is 3.27. The second-order valence-electron chi connectivity index (χ2n) is 12.4. The van der Waals surface area contributed by atoms with Gasteiger partial charge in [0.2, 0.25) is 6.86 Å². The van der Waals surface area contributed by atoms with Crippen molar-refractivity contribution in [1.29, 1.82) is 0 Å². The summed E-state index contributed by atoms with van der Waals surface area (Å²) in [5.41, 5.74) is -13.1. The molecular formula is C37H12BF21N2O2. The molecule has 0 radical (unpaired) electrons. The van der Waals surface area contributed by atoms with Crippen LogP contribution in [0.5, 0.6) is 0 Å². The fourth-order valence-electron chi connectivity index (χ4n) is 6.47. The van der Waals surface area contributed by atoms with Crippen LogP contribution in [0.4, 0.5) is 92.2 Å². The number of halogens is 21. The Bertz CT molecular complexity index is 2430. The third-order valence-electron chi connectivity index (χ3n) is 9.14. The number of alkyl halides is 1. The molecule has 6 aromatic rings. The summed E-state index contributed by atoms with van der Waals surface area (Å²) in [4.78, 5) is 15.4. The Morgan fingerprint density at radius 1 is 0.460 bits per heavy atom. The molecule has 4 nitrogen and oxygen atoms in total. The molecule has 332 valence electrons. The highest BCUT2D eigenvalue weighted by molar-refractivity contribution is 7.20. The smallest absolute Gasteiger partial charge is 0.407 e. The molecule has 5 aromatic carbocycles. The van der Waals surface area contributed by atoms with Gasteiger partial charge < -0.3 is 4.74 Å². The molecule has 0 aliphatic rings. The predicted molar refractivity (Wildman–Crippen MR) is 171 cm³/mol. The Hall–Kier alpha value is -6.76. The summed E-state index contributed by atoms with van der Waals surface area (Å²) in [5.74, 6) is -72.1. The Balaban J connectivity index is 0.000000345. The molecule has 0 N–H and O–H groups in total. The molecule has 0 aliphatic carbocycles. The van der Waals surface area contributed by atoms with E-state index in [9.17, 15) is 61.9 Å². The largest absolute Gasteiger partial charge is 0.426 e. The van der Waals surface area contributed by atoms with Crippen molar-refractivity contribution in [1.82, 2.24) is 4.98 Å². The number of ether oxygens (including phenoxy) is 1. The van der Waals surface area contributed by atoms with E-state index in [1.807, 2.05) is 30.3 Å². The van der Waals surface area contributed by atoms with Crippen LogP contribution in [0.3, 0.4) is 0 Å². The minimum Gasteiger partial charge on any atom is -0.426 e. The lowest BCUT2D eigenvalue weighted by Gasteiger charge is -2.44. The number of benzene rings is 5. The molecule has 0 amide bonds. The monoisotopic (exact) mass is 926 g/mol. The minimum atomic E-state index is -7.22. The number of hydrogen-bond acceptors (Lipinski definition) is 3. The lowest BCUT2D eigenvalue weighted by atomic mass is 9.12. The maximum absolute atomic E-state index is 15.4. The lowest BCUT2D eigenvalue weighted by Crippen LogP contribution is -2.81. The maximum Gasteiger partial charge on any atom is 0.407 e. The van der Waals surface area contributed by atoms with E-state index in [1.54, 1.807) is 17.0 Å². The molecule has 0 atom stereocenters. The van der Waals surface area contributed by atoms with Crippen LogP contribution in [0.25, 0.3) is 0 Å². The zero-order chi connectivity index (χ0) is 47.2. The summed E-state index contributed by atoms with van der Waals surface area (Å²) in [6.45, 7) is -0.640. The number of hydrogen-bond donors (Lipinski definition) is 0. The normalized spacial score (nSPS) is 11.4. The van der Waals surface area contributed by atoms with Crippen molar-refractivity contribution in [3.63, 3.8) is 0 Å². The van der Waals surface area contributed by atoms with Crippen LogP contribution in [-0.2, 0) is 11.3 Å². The number of nitrogens with zero attached hydrogens (tertiary/aromatic N) is 2. The number of esters is 1. The highest BCUT2D eigenvalue weighted by Crippen LogP contribution is 2.30. The van der Waals surface area contributed by atoms with Crippen LogP contribution >= 0.6 is 0 Å². The molecule has 0 spiro atoms. The second kappa shape index (κ2) is 17.9. The van der Waals surface area contributed by atoms with Gasteiger partial charge in [-0.1, -0.05) is 30.3 Å². The number of aromatic nitrogens is 2. The van der Waals surface area contributed by atoms with E-state index in [0.29, 0.717) is 6.54 Å². The predicted octanol–water partition coefficient (Wildman–Crippen LogP) is 7.35. The number of rotatable bonds is 8. The standard InChI is InChI=1S/C24BF20.C13H12FN2O2/c26-5-1(6(27)14(35)21(42)13(5)34)25(2-7(28)15(36)22(43)16(37)8(2)29,3-9(30)17(38)23(44)18(39)10(3)31)4-11(32)19(40)24(45)20(41)12(4)33;14-10-18-13(17)12-8-15-6-7-16(12)9-11-4-2-1-3-5-11/h;1-8H,9-10H2/q-1;+1. The Labute approximate surface area is 335 Å². The molecule has 0 saturated carbocycles. The summed E-state index contributed by atoms with van der Waals surface area (Å²) in [6, 6.07) is 9.63. The first-order chi connectivity index (χ1) is 29.5. The second-order valence-corrected chi connectivity index (χ2v) is 12.4. The quantitative estimate of drug-likeness (QED) is 0.0401. The van der Waals surface area contributed by atoms with Gasteiger partial charge in [-0.25, -0.2) is 97.0 Å². The molecule has 0 fully saturated rings. The lowest BCUT2D eigenvalue weighted by molar-refractivity contribution is -0.691. The third kappa shape index (κ3) is 7.63. The van der Waals surface area contributed by atoms with Crippen LogP contribution in [0.2, 0.25) is 0 Å². The van der Waals surface area contributed by atoms with Crippen molar-refractivity contribution in [3.05, 3.63) is 177 Å². The molecule has 63 heavy (non-hydrogen) atoms. The van der Waals surface area contributed by atoms with Gasteiger partial charge in [0.05, 0.1) is 6.20 Å². The molecule has 0 unspecified atom stereocenters. The van der Waals surface area contributed by atoms with Crippen LogP contribution in [-0.4, -0.2) is 24.0 Å². The van der Waals surface area contributed by atoms with Crippen molar-refractivity contribution in [3.8, 4) is 0 Å². The van der Waals surface area contributed by atoms with E-state index in [0.717, 1.165) is 5.56 Å². The van der Waals surface area contributed by atoms with E-state index in [-0.39, 0.29) is 5.69 Å². The molecule has 0 aliphatic heterocycles. The zero-order valence-electron chi connectivity index (χ0n) is 29.8. The highest BCUT2D eigenvalue weighted by atomic mass is 19.2. The van der Waals surface area contributed by atoms with Crippen molar-refractivity contribution >= 4 is 34.0 Å². The maximum atomic E-state index is 15.4. The van der Waals surface area contributed by atoms with Gasteiger partial charge in [-0.2, -0.15) is 4.57 Å². The average molecular weight is 926 g/mol. The van der Waals surface area contributed by atoms with E-state index in [4.69, 9.17) is 0 Å². The first-order valence-electron chi connectivity index (χ1n) is 16.3. The van der Waals surface area contributed by atoms with Crippen LogP contribution in [0, 0.1) is 116 Å². The van der Waals surface area contributed by atoms with Gasteiger partial charge in [0.15, 0.2) is 82.5 Å². The van der Waals surface area contributed by atoms with Gasteiger partial charge in [-0.15, -0.1) is 21.9 Å². The topological polar surface area (TPSA) is 43.1 Å². The fourth-order valence-corrected chi connectivity index (χ4v) is 6.47. The number of carbonyl (C=O) groups is 1. The summed E-state index contributed by atoms with van der Waals surface area (Å²) in [5, 5.41) is 0. The summed E-state index contributed by atoms with van der Waals surface area (Å²) in [7, 11) is 0. The third-order valence-corrected chi connectivity index (χ3v) is 9.14. The van der Waals surface area contributed by atoms with Crippen molar-refractivity contribution in [2.75, 3.05) is 6.86 Å². The van der Waals surface area contributed by atoms with E-state index < -0.39 is 157 Å². The van der Waals surface area contributed by atoms with Gasteiger partial charge in [0, 0.05) is 5.56 Å². The van der Waals surface area contributed by atoms with Gasteiger partial charge in [-0.05, 0) is 0 Å². The van der Waals surface area contributed by atoms with Gasteiger partial charge in [0.25, 0.3) is 0 Å². The van der Waals surface area contributed by atoms with Crippen LogP contribution in [0.1, 0.15) is 16.1 Å². The van der Waals surface area contributed by atoms with Gasteiger partial charge >= 0.3 is 11.7 Å². The Kier molecular flexibility index (Phi) is 13.5. The van der Waals surface area contributed by atoms with E-state index >= 15 is 35.1 Å². The van der Waals surface area contributed by atoms with Crippen LogP contribution < -0.4 is 26.4 Å².